The molecule has 10 nitrogen and oxygen atoms in total. The smallest absolute Gasteiger partial charge is 0.260 e. The fourth-order valence-corrected chi connectivity index (χ4v) is 8.39. The number of phenols is 1. The van der Waals surface area contributed by atoms with E-state index in [0.717, 1.165) is 15.5 Å². The van der Waals surface area contributed by atoms with Gasteiger partial charge in [-0.2, -0.15) is 5.01 Å². The van der Waals surface area contributed by atoms with Gasteiger partial charge in [0.1, 0.15) is 5.82 Å². The maximum atomic E-state index is 15.1. The molecular weight excluding hydrogens is 629 g/mol. The zero-order valence-corrected chi connectivity index (χ0v) is 26.5. The summed E-state index contributed by atoms with van der Waals surface area (Å²) in [4.78, 5) is 57.7. The summed E-state index contributed by atoms with van der Waals surface area (Å²) in [6.45, 7) is 0. The summed E-state index contributed by atoms with van der Waals surface area (Å²) in [5.41, 5.74) is 3.39. The predicted octanol–water partition coefficient (Wildman–Crippen LogP) is 4.82. The van der Waals surface area contributed by atoms with Crippen LogP contribution < -0.4 is 14.9 Å². The van der Waals surface area contributed by atoms with Gasteiger partial charge in [0.2, 0.25) is 17.6 Å². The summed E-state index contributed by atoms with van der Waals surface area (Å²) >= 11 is 6.32. The summed E-state index contributed by atoms with van der Waals surface area (Å²) in [5, 5.41) is 12.2. The third kappa shape index (κ3) is 4.36. The summed E-state index contributed by atoms with van der Waals surface area (Å²) in [6.07, 6.45) is 2.31. The van der Waals surface area contributed by atoms with Gasteiger partial charge in [0.25, 0.3) is 11.8 Å². The van der Waals surface area contributed by atoms with Gasteiger partial charge in [-0.1, -0.05) is 35.4 Å². The molecule has 1 saturated carbocycles. The van der Waals surface area contributed by atoms with Crippen molar-refractivity contribution in [1.29, 1.82) is 0 Å². The number of imide groups is 2. The number of carbonyl (C=O) groups is 4. The fraction of sp³-hybridized carbons (Fsp3) is 0.314. The molecule has 12 heteroatoms. The average molecular weight is 660 g/mol. The minimum Gasteiger partial charge on any atom is -0.502 e. The highest BCUT2D eigenvalue weighted by molar-refractivity contribution is 6.30. The van der Waals surface area contributed by atoms with Crippen LogP contribution in [-0.2, 0) is 24.6 Å². The largest absolute Gasteiger partial charge is 0.502 e. The number of anilines is 1. The Labute approximate surface area is 274 Å². The molecule has 4 aliphatic rings. The molecule has 7 rings (SSSR count). The minimum atomic E-state index is -1.57. The maximum absolute atomic E-state index is 15.1. The van der Waals surface area contributed by atoms with E-state index in [1.54, 1.807) is 36.4 Å². The number of likely N-dealkylation sites (tertiary alicyclic amines) is 1. The lowest BCUT2D eigenvalue weighted by molar-refractivity contribution is -0.140. The number of nitrogens with zero attached hydrogens (tertiary/aromatic N) is 2. The molecule has 4 amide bonds. The number of rotatable bonds is 6. The molecule has 2 heterocycles. The van der Waals surface area contributed by atoms with E-state index in [4.69, 9.17) is 21.1 Å². The van der Waals surface area contributed by atoms with Crippen LogP contribution in [-0.4, -0.2) is 59.9 Å². The van der Waals surface area contributed by atoms with Crippen molar-refractivity contribution in [3.8, 4) is 17.2 Å². The Hall–Kier alpha value is -4.90. The first-order valence-electron chi connectivity index (χ1n) is 15.2. The summed E-state index contributed by atoms with van der Waals surface area (Å²) in [6, 6.07) is 15.2. The first-order valence-corrected chi connectivity index (χ1v) is 15.5. The van der Waals surface area contributed by atoms with Crippen LogP contribution in [0.15, 0.2) is 72.3 Å². The van der Waals surface area contributed by atoms with E-state index in [9.17, 15) is 23.9 Å². The van der Waals surface area contributed by atoms with Crippen molar-refractivity contribution in [3.05, 3.63) is 94.3 Å². The summed E-state index contributed by atoms with van der Waals surface area (Å²) < 4.78 is 24.8. The molecule has 6 atom stereocenters. The normalized spacial score (nSPS) is 28.1. The Morgan fingerprint density at radius 3 is 2.17 bits per heavy atom. The van der Waals surface area contributed by atoms with Gasteiger partial charge in [-0.15, -0.1) is 0 Å². The van der Waals surface area contributed by atoms with E-state index >= 15 is 4.79 Å². The number of hydrogen-bond acceptors (Lipinski definition) is 8. The number of benzene rings is 3. The lowest BCUT2D eigenvalue weighted by atomic mass is 9.49. The molecule has 242 valence electrons. The van der Waals surface area contributed by atoms with E-state index in [2.05, 4.69) is 5.43 Å². The minimum absolute atomic E-state index is 0.0866. The quantitative estimate of drug-likeness (QED) is 0.285. The van der Waals surface area contributed by atoms with Crippen molar-refractivity contribution in [1.82, 2.24) is 9.91 Å². The molecule has 0 bridgehead atoms. The second-order valence-corrected chi connectivity index (χ2v) is 12.8. The van der Waals surface area contributed by atoms with Crippen LogP contribution in [0.2, 0.25) is 5.02 Å². The maximum Gasteiger partial charge on any atom is 0.260 e. The van der Waals surface area contributed by atoms with Crippen LogP contribution in [0, 0.1) is 29.5 Å². The Bertz CT molecular complexity index is 1840. The second kappa shape index (κ2) is 11.1. The third-order valence-electron chi connectivity index (χ3n) is 10.3. The molecule has 0 radical (unpaired) electrons. The van der Waals surface area contributed by atoms with Gasteiger partial charge >= 0.3 is 0 Å². The molecule has 0 aromatic heterocycles. The third-order valence-corrected chi connectivity index (χ3v) is 10.6. The number of phenolic OH excluding ortho intramolecular Hbond substituents is 1. The van der Waals surface area contributed by atoms with Crippen LogP contribution in [0.4, 0.5) is 10.1 Å². The van der Waals surface area contributed by atoms with Crippen molar-refractivity contribution in [2.75, 3.05) is 26.7 Å². The zero-order chi connectivity index (χ0) is 33.4. The predicted molar refractivity (Wildman–Crippen MR) is 168 cm³/mol. The number of halogens is 2. The molecule has 0 spiro atoms. The Morgan fingerprint density at radius 1 is 0.915 bits per heavy atom. The van der Waals surface area contributed by atoms with Crippen molar-refractivity contribution in [2.24, 2.45) is 23.7 Å². The number of allylic oxidation sites excluding steroid dienone is 2. The first kappa shape index (κ1) is 30.7. The van der Waals surface area contributed by atoms with E-state index in [1.807, 2.05) is 6.08 Å². The van der Waals surface area contributed by atoms with Gasteiger partial charge in [0.05, 0.1) is 43.1 Å². The molecule has 3 fully saturated rings. The number of hydrazine groups is 1. The number of aromatic hydroxyl groups is 1. The monoisotopic (exact) mass is 659 g/mol. The average Bonchev–Trinajstić information content (AvgIpc) is 3.42. The molecule has 3 aromatic rings. The van der Waals surface area contributed by atoms with Gasteiger partial charge in [0, 0.05) is 18.0 Å². The summed E-state index contributed by atoms with van der Waals surface area (Å²) in [5.74, 6) is -6.01. The van der Waals surface area contributed by atoms with Gasteiger partial charge in [-0.25, -0.2) is 4.39 Å². The molecular formula is C35H31ClFN3O7. The van der Waals surface area contributed by atoms with E-state index in [-0.39, 0.29) is 41.9 Å². The van der Waals surface area contributed by atoms with Crippen LogP contribution in [0.3, 0.4) is 0 Å². The number of methoxy groups -OCH3 is 2. The van der Waals surface area contributed by atoms with Gasteiger partial charge < -0.3 is 14.6 Å². The first-order chi connectivity index (χ1) is 22.5. The fourth-order valence-electron chi connectivity index (χ4n) is 8.27. The molecule has 6 unspecified atom stereocenters. The van der Waals surface area contributed by atoms with Crippen LogP contribution in [0.1, 0.15) is 29.9 Å². The van der Waals surface area contributed by atoms with Gasteiger partial charge in [-0.3, -0.25) is 29.5 Å². The highest BCUT2D eigenvalue weighted by atomic mass is 35.5. The summed E-state index contributed by atoms with van der Waals surface area (Å²) in [7, 11) is 4.25. The number of ether oxygens (including phenoxy) is 2. The van der Waals surface area contributed by atoms with E-state index < -0.39 is 52.6 Å². The molecule has 2 aliphatic carbocycles. The number of amides is 4. The number of carbonyl (C=O) groups excluding carboxylic acids is 4. The molecule has 3 aromatic carbocycles. The van der Waals surface area contributed by atoms with Gasteiger partial charge in [-0.05, 0) is 78.4 Å². The molecule has 47 heavy (non-hydrogen) atoms. The Balaban J connectivity index is 1.50. The van der Waals surface area contributed by atoms with Crippen molar-refractivity contribution in [3.63, 3.8) is 0 Å². The van der Waals surface area contributed by atoms with Crippen molar-refractivity contribution >= 4 is 40.9 Å². The topological polar surface area (TPSA) is 125 Å². The van der Waals surface area contributed by atoms with Crippen LogP contribution in [0.5, 0.6) is 17.2 Å². The zero-order valence-electron chi connectivity index (χ0n) is 25.7. The highest BCUT2D eigenvalue weighted by Gasteiger charge is 2.70. The van der Waals surface area contributed by atoms with Crippen molar-refractivity contribution < 1.29 is 38.1 Å². The highest BCUT2D eigenvalue weighted by Crippen LogP contribution is 2.64. The molecule has 2 aliphatic heterocycles. The number of fused-ring (bicyclic) bond motifs is 4. The number of nitrogens with one attached hydrogen (secondary N) is 1. The van der Waals surface area contributed by atoms with E-state index in [0.29, 0.717) is 21.8 Å². The van der Waals surface area contributed by atoms with Crippen molar-refractivity contribution in [2.45, 2.75) is 24.2 Å². The van der Waals surface area contributed by atoms with E-state index in [1.165, 1.54) is 45.5 Å². The second-order valence-electron chi connectivity index (χ2n) is 12.4. The van der Waals surface area contributed by atoms with Gasteiger partial charge in [0.15, 0.2) is 11.5 Å². The standard InChI is InChI=1S/C35H31ClFN3O7/c1-39-31(42)23-13-12-22-24(28(23)33(39)44)16-25-32(43)40(38-21-10-8-20(37)9-11-21)34(45)35(25,18-4-6-19(36)7-5-18)29(22)17-14-26(46-2)30(41)27(15-17)47-3/h4-12,14-15,23-25,28-29,38,41H,13,16H2,1-3H3. The SMILES string of the molecule is COc1cc(C2C3=CCC4C(=O)N(C)C(=O)C4C3CC3C(=O)N(Nc4ccc(F)cc4)C(=O)C32c2ccc(Cl)cc2)cc(OC)c1O. The Kier molecular flexibility index (Phi) is 7.27. The lowest BCUT2D eigenvalue weighted by Gasteiger charge is -2.50. The lowest BCUT2D eigenvalue weighted by Crippen LogP contribution is -2.53. The molecule has 2 N–H and O–H groups in total. The molecule has 2 saturated heterocycles. The Morgan fingerprint density at radius 2 is 1.55 bits per heavy atom. The number of hydrogen-bond donors (Lipinski definition) is 2. The van der Waals surface area contributed by atoms with Crippen LogP contribution in [0.25, 0.3) is 0 Å². The van der Waals surface area contributed by atoms with Crippen LogP contribution >= 0.6 is 11.6 Å².